The van der Waals surface area contributed by atoms with Gasteiger partial charge in [0.1, 0.15) is 5.75 Å². The summed E-state index contributed by atoms with van der Waals surface area (Å²) in [7, 11) is 0. The Bertz CT molecular complexity index is 1360. The van der Waals surface area contributed by atoms with E-state index in [1.54, 1.807) is 6.21 Å². The third kappa shape index (κ3) is 5.16. The Morgan fingerprint density at radius 1 is 1.06 bits per heavy atom. The van der Waals surface area contributed by atoms with Crippen LogP contribution in [-0.4, -0.2) is 23.3 Å². The van der Waals surface area contributed by atoms with Crippen LogP contribution in [0.2, 0.25) is 0 Å². The molecule has 1 heterocycles. The summed E-state index contributed by atoms with van der Waals surface area (Å²) in [5.41, 5.74) is 8.39. The second-order valence-electron chi connectivity index (χ2n) is 7.96. The fourth-order valence-corrected chi connectivity index (χ4v) is 3.96. The monoisotopic (exact) mass is 450 g/mol. The number of hydrazone groups is 1. The summed E-state index contributed by atoms with van der Waals surface area (Å²) >= 11 is 0. The van der Waals surface area contributed by atoms with Gasteiger partial charge in [-0.3, -0.25) is 4.79 Å². The van der Waals surface area contributed by atoms with Gasteiger partial charge in [0.15, 0.2) is 0 Å². The topological polar surface area (TPSA) is 79.4 Å². The van der Waals surface area contributed by atoms with Crippen LogP contribution < -0.4 is 10.2 Å². The lowest BCUT2D eigenvalue weighted by molar-refractivity contribution is -0.120. The van der Waals surface area contributed by atoms with Gasteiger partial charge in [0.2, 0.25) is 5.91 Å². The van der Waals surface area contributed by atoms with Crippen LogP contribution in [0, 0.1) is 18.3 Å². The number of hydrogen-bond donors (Lipinski definition) is 1. The number of carbonyl (C=O) groups excluding carboxylic acids is 1. The predicted molar refractivity (Wildman–Crippen MR) is 134 cm³/mol. The molecule has 0 aliphatic carbocycles. The van der Waals surface area contributed by atoms with Crippen molar-refractivity contribution in [2.24, 2.45) is 5.10 Å². The van der Waals surface area contributed by atoms with Gasteiger partial charge in [0.25, 0.3) is 0 Å². The van der Waals surface area contributed by atoms with Crippen LogP contribution in [0.25, 0.3) is 10.9 Å². The second kappa shape index (κ2) is 10.5. The van der Waals surface area contributed by atoms with Crippen molar-refractivity contribution in [1.29, 1.82) is 5.26 Å². The van der Waals surface area contributed by atoms with Crippen molar-refractivity contribution in [2.45, 2.75) is 26.8 Å². The van der Waals surface area contributed by atoms with Gasteiger partial charge in [-0.05, 0) is 55.3 Å². The predicted octanol–water partition coefficient (Wildman–Crippen LogP) is 4.96. The summed E-state index contributed by atoms with van der Waals surface area (Å²) in [6, 6.07) is 25.4. The lowest BCUT2D eigenvalue weighted by Crippen LogP contribution is -2.19. The number of nitrogens with zero attached hydrogens (tertiary/aromatic N) is 3. The number of nitriles is 1. The Morgan fingerprint density at radius 3 is 2.47 bits per heavy atom. The van der Waals surface area contributed by atoms with E-state index >= 15 is 0 Å². The van der Waals surface area contributed by atoms with Crippen molar-refractivity contribution < 1.29 is 9.53 Å². The first kappa shape index (κ1) is 22.8. The first-order chi connectivity index (χ1) is 16.6. The zero-order chi connectivity index (χ0) is 23.9. The lowest BCUT2D eigenvalue weighted by atomic mass is 10.1. The maximum Gasteiger partial charge on any atom is 0.244 e. The first-order valence-electron chi connectivity index (χ1n) is 11.2. The molecule has 0 saturated carbocycles. The highest BCUT2D eigenvalue weighted by Crippen LogP contribution is 2.25. The fraction of sp³-hybridized carbons (Fsp3) is 0.179. The third-order valence-electron chi connectivity index (χ3n) is 5.69. The quantitative estimate of drug-likeness (QED) is 0.304. The molecule has 170 valence electrons. The maximum atomic E-state index is 12.4. The molecule has 0 atom stereocenters. The average molecular weight is 451 g/mol. The maximum absolute atomic E-state index is 12.4. The number of nitrogens with one attached hydrogen (secondary N) is 1. The summed E-state index contributed by atoms with van der Waals surface area (Å²) in [6.07, 6.45) is 1.95. The van der Waals surface area contributed by atoms with E-state index in [1.165, 1.54) is 0 Å². The number of hydrogen-bond acceptors (Lipinski definition) is 4. The van der Waals surface area contributed by atoms with Crippen LogP contribution in [0.15, 0.2) is 77.9 Å². The van der Waals surface area contributed by atoms with Crippen molar-refractivity contribution >= 4 is 23.0 Å². The van der Waals surface area contributed by atoms with E-state index in [0.29, 0.717) is 18.7 Å². The van der Waals surface area contributed by atoms with Crippen LogP contribution in [-0.2, 0) is 17.8 Å². The van der Waals surface area contributed by atoms with E-state index in [0.717, 1.165) is 39.0 Å². The molecule has 0 unspecified atom stereocenters. The van der Waals surface area contributed by atoms with E-state index < -0.39 is 0 Å². The SMILES string of the molecule is CCOc1ccc(CC(=O)N/N=C\c2c(C)n(Cc3ccc(C#N)cc3)c3ccccc23)cc1. The highest BCUT2D eigenvalue weighted by molar-refractivity contribution is 6.01. The minimum absolute atomic E-state index is 0.181. The largest absolute Gasteiger partial charge is 0.494 e. The van der Waals surface area contributed by atoms with Gasteiger partial charge in [0, 0.05) is 28.7 Å². The van der Waals surface area contributed by atoms with E-state index in [9.17, 15) is 4.79 Å². The van der Waals surface area contributed by atoms with E-state index in [1.807, 2.05) is 74.5 Å². The van der Waals surface area contributed by atoms with Crippen LogP contribution in [0.1, 0.15) is 34.9 Å². The Labute approximate surface area is 199 Å². The summed E-state index contributed by atoms with van der Waals surface area (Å²) < 4.78 is 7.66. The molecule has 1 N–H and O–H groups in total. The summed E-state index contributed by atoms with van der Waals surface area (Å²) in [4.78, 5) is 12.4. The molecule has 0 spiro atoms. The fourth-order valence-electron chi connectivity index (χ4n) is 3.96. The van der Waals surface area contributed by atoms with Crippen molar-refractivity contribution in [3.63, 3.8) is 0 Å². The Balaban J connectivity index is 1.49. The van der Waals surface area contributed by atoms with Gasteiger partial charge in [-0.15, -0.1) is 0 Å². The third-order valence-corrected chi connectivity index (χ3v) is 5.69. The molecule has 0 radical (unpaired) electrons. The number of benzene rings is 3. The van der Waals surface area contributed by atoms with Gasteiger partial charge in [-0.1, -0.05) is 42.5 Å². The molecule has 4 aromatic rings. The highest BCUT2D eigenvalue weighted by atomic mass is 16.5. The van der Waals surface area contributed by atoms with Crippen molar-refractivity contribution in [3.05, 3.63) is 101 Å². The number of carbonyl (C=O) groups is 1. The van der Waals surface area contributed by atoms with Crippen molar-refractivity contribution in [1.82, 2.24) is 9.99 Å². The molecule has 3 aromatic carbocycles. The van der Waals surface area contributed by atoms with Crippen LogP contribution >= 0.6 is 0 Å². The lowest BCUT2D eigenvalue weighted by Gasteiger charge is -2.09. The standard InChI is InChI=1S/C28H26N4O2/c1-3-34-24-14-12-21(13-15-24)16-28(33)31-30-18-26-20(2)32(27-7-5-4-6-25(26)27)19-23-10-8-22(17-29)9-11-23/h4-15,18H,3,16,19H2,1-2H3,(H,31,33)/b30-18-. The molecule has 34 heavy (non-hydrogen) atoms. The minimum atomic E-state index is -0.181. The number of rotatable bonds is 8. The second-order valence-corrected chi connectivity index (χ2v) is 7.96. The van der Waals surface area contributed by atoms with E-state index in [4.69, 9.17) is 10.00 Å². The molecule has 6 nitrogen and oxygen atoms in total. The molecule has 0 aliphatic rings. The van der Waals surface area contributed by atoms with Crippen LogP contribution in [0.4, 0.5) is 0 Å². The number of ether oxygens (including phenoxy) is 1. The molecule has 1 aromatic heterocycles. The number of amides is 1. The van der Waals surface area contributed by atoms with Gasteiger partial charge >= 0.3 is 0 Å². The highest BCUT2D eigenvalue weighted by Gasteiger charge is 2.13. The first-order valence-corrected chi connectivity index (χ1v) is 11.2. The zero-order valence-corrected chi connectivity index (χ0v) is 19.3. The van der Waals surface area contributed by atoms with Crippen LogP contribution in [0.3, 0.4) is 0 Å². The number of aromatic nitrogens is 1. The molecular weight excluding hydrogens is 424 g/mol. The molecule has 0 saturated heterocycles. The summed E-state index contributed by atoms with van der Waals surface area (Å²) in [5, 5.41) is 14.3. The van der Waals surface area contributed by atoms with Gasteiger partial charge in [-0.2, -0.15) is 10.4 Å². The normalized spacial score (nSPS) is 11.0. The Morgan fingerprint density at radius 2 is 1.76 bits per heavy atom. The Hall–Kier alpha value is -4.37. The number of fused-ring (bicyclic) bond motifs is 1. The number of para-hydroxylation sites is 1. The zero-order valence-electron chi connectivity index (χ0n) is 19.3. The van der Waals surface area contributed by atoms with Gasteiger partial charge in [0.05, 0.1) is 30.9 Å². The summed E-state index contributed by atoms with van der Waals surface area (Å²) in [6.45, 7) is 5.27. The molecule has 0 aliphatic heterocycles. The minimum Gasteiger partial charge on any atom is -0.494 e. The van der Waals surface area contributed by atoms with Gasteiger partial charge in [-0.25, -0.2) is 5.43 Å². The Kier molecular flexibility index (Phi) is 7.04. The van der Waals surface area contributed by atoms with E-state index in [2.05, 4.69) is 33.3 Å². The molecule has 0 fully saturated rings. The molecule has 1 amide bonds. The molecule has 4 rings (SSSR count). The molecule has 0 bridgehead atoms. The average Bonchev–Trinajstić information content (AvgIpc) is 3.12. The molecule has 6 heteroatoms. The van der Waals surface area contributed by atoms with Crippen molar-refractivity contribution in [2.75, 3.05) is 6.61 Å². The smallest absolute Gasteiger partial charge is 0.244 e. The van der Waals surface area contributed by atoms with Gasteiger partial charge < -0.3 is 9.30 Å². The summed E-state index contributed by atoms with van der Waals surface area (Å²) in [5.74, 6) is 0.608. The molecular formula is C28H26N4O2. The van der Waals surface area contributed by atoms with Crippen molar-refractivity contribution in [3.8, 4) is 11.8 Å². The van der Waals surface area contributed by atoms with E-state index in [-0.39, 0.29) is 12.3 Å². The van der Waals surface area contributed by atoms with Crippen LogP contribution in [0.5, 0.6) is 5.75 Å².